The zero-order valence-electron chi connectivity index (χ0n) is 49.6. The van der Waals surface area contributed by atoms with Crippen LogP contribution in [-0.2, 0) is 32.5 Å². The molecule has 3 heterocycles. The van der Waals surface area contributed by atoms with Crippen molar-refractivity contribution in [2.24, 2.45) is 0 Å². The van der Waals surface area contributed by atoms with Gasteiger partial charge in [-0.2, -0.15) is 0 Å². The summed E-state index contributed by atoms with van der Waals surface area (Å²) in [6.45, 7) is 33.8. The first-order valence-electron chi connectivity index (χ1n) is 28.1. The van der Waals surface area contributed by atoms with Crippen LogP contribution in [0.5, 0.6) is 0 Å². The van der Waals surface area contributed by atoms with Gasteiger partial charge in [-0.15, -0.1) is 11.3 Å². The highest BCUT2D eigenvalue weighted by Gasteiger charge is 2.49. The molecule has 2 aliphatic heterocycles. The Kier molecular flexibility index (Phi) is 7.98. The molecule has 6 aromatic carbocycles. The van der Waals surface area contributed by atoms with Crippen LogP contribution in [0, 0.1) is 6.92 Å². The van der Waals surface area contributed by atoms with Crippen LogP contribution in [0.4, 0.5) is 34.1 Å². The average molecular weight is 906 g/mol. The molecule has 2 aliphatic carbocycles. The van der Waals surface area contributed by atoms with Gasteiger partial charge in [0.2, 0.25) is 0 Å². The molecule has 342 valence electrons. The Morgan fingerprint density at radius 3 is 1.64 bits per heavy atom. The summed E-state index contributed by atoms with van der Waals surface area (Å²) < 4.78 is 68.3. The van der Waals surface area contributed by atoms with Gasteiger partial charge in [0.1, 0.15) is 0 Å². The lowest BCUT2D eigenvalue weighted by atomic mass is 9.35. The van der Waals surface area contributed by atoms with E-state index in [1.54, 1.807) is 0 Å². The highest BCUT2D eigenvalue weighted by atomic mass is 32.1. The normalized spacial score (nSPS) is 20.0. The number of rotatable bonds is 3. The van der Waals surface area contributed by atoms with Gasteiger partial charge in [-0.1, -0.05) is 151 Å². The average Bonchev–Trinajstić information content (AvgIpc) is 3.69. The number of hydrogen-bond acceptors (Lipinski definition) is 3. The molecule has 1 aromatic heterocycles. The third kappa shape index (κ3) is 6.84. The lowest BCUT2D eigenvalue weighted by molar-refractivity contribution is 0.332. The molecule has 4 heteroatoms. The number of hydrogen-bond donors (Lipinski definition) is 0. The molecule has 0 saturated carbocycles. The lowest BCUT2D eigenvalue weighted by Crippen LogP contribution is -2.61. The monoisotopic (exact) mass is 906 g/mol. The number of fused-ring (bicyclic) bond motifs is 8. The summed E-state index contributed by atoms with van der Waals surface area (Å²) in [4.78, 5) is 4.65. The second kappa shape index (κ2) is 14.5. The molecule has 0 bridgehead atoms. The topological polar surface area (TPSA) is 6.48 Å². The number of benzene rings is 6. The Hall–Kier alpha value is -5.06. The number of anilines is 6. The summed E-state index contributed by atoms with van der Waals surface area (Å²) in [6.07, 6.45) is 3.97. The van der Waals surface area contributed by atoms with E-state index in [1.165, 1.54) is 22.3 Å². The molecular weight excluding hydrogens is 828 g/mol. The van der Waals surface area contributed by atoms with Gasteiger partial charge >= 0.3 is 0 Å². The first-order valence-corrected chi connectivity index (χ1v) is 25.5. The van der Waals surface area contributed by atoms with Crippen molar-refractivity contribution in [2.45, 2.75) is 162 Å². The van der Waals surface area contributed by atoms with E-state index in [9.17, 15) is 5.48 Å². The third-order valence-corrected chi connectivity index (χ3v) is 17.7. The largest absolute Gasteiger partial charge is 0.311 e. The molecule has 7 aromatic rings. The summed E-state index contributed by atoms with van der Waals surface area (Å²) in [7, 11) is 0. The van der Waals surface area contributed by atoms with Crippen LogP contribution in [0.15, 0.2) is 109 Å². The minimum atomic E-state index is -0.410. The zero-order chi connectivity index (χ0) is 53.6. The van der Waals surface area contributed by atoms with Crippen molar-refractivity contribution >= 4 is 78.0 Å². The summed E-state index contributed by atoms with van der Waals surface area (Å²) in [5.74, 6) is 0. The maximum absolute atomic E-state index is 9.97. The molecule has 2 nitrogen and oxygen atoms in total. The molecule has 67 heavy (non-hydrogen) atoms. The Balaban J connectivity index is 1.35. The molecule has 0 spiro atoms. The van der Waals surface area contributed by atoms with Crippen molar-refractivity contribution in [3.8, 4) is 11.1 Å². The van der Waals surface area contributed by atoms with Crippen LogP contribution < -0.4 is 25.5 Å². The highest BCUT2D eigenvalue weighted by molar-refractivity contribution is 7.33. The third-order valence-electron chi connectivity index (χ3n) is 16.4. The highest BCUT2D eigenvalue weighted by Crippen LogP contribution is 2.55. The molecule has 0 unspecified atom stereocenters. The van der Waals surface area contributed by atoms with Crippen LogP contribution >= 0.6 is 11.3 Å². The predicted molar refractivity (Wildman–Crippen MR) is 294 cm³/mol. The van der Waals surface area contributed by atoms with Crippen molar-refractivity contribution < 1.29 is 9.60 Å². The van der Waals surface area contributed by atoms with E-state index >= 15 is 0 Å². The molecule has 0 saturated heterocycles. The molecule has 0 radical (unpaired) electrons. The van der Waals surface area contributed by atoms with Crippen LogP contribution in [0.1, 0.15) is 171 Å². The smallest absolute Gasteiger partial charge is 0.264 e. The van der Waals surface area contributed by atoms with Crippen LogP contribution in [0.2, 0.25) is 0 Å². The van der Waals surface area contributed by atoms with Gasteiger partial charge < -0.3 is 9.80 Å². The maximum atomic E-state index is 9.97. The Labute approximate surface area is 416 Å². The molecule has 4 aliphatic rings. The summed E-state index contributed by atoms with van der Waals surface area (Å²) >= 11 is 1.81. The van der Waals surface area contributed by atoms with Gasteiger partial charge in [0.05, 0.1) is 21.0 Å². The zero-order valence-corrected chi connectivity index (χ0v) is 43.4. The van der Waals surface area contributed by atoms with E-state index in [0.29, 0.717) is 23.3 Å². The fraction of sp³-hybridized carbons (Fsp3) is 0.397. The minimum absolute atomic E-state index is 0.124. The Morgan fingerprint density at radius 2 is 1.07 bits per heavy atom. The second-order valence-corrected chi connectivity index (χ2v) is 26.2. The van der Waals surface area contributed by atoms with E-state index in [4.69, 9.17) is 4.11 Å². The summed E-state index contributed by atoms with van der Waals surface area (Å²) in [5.41, 5.74) is 15.2. The molecule has 11 rings (SSSR count). The van der Waals surface area contributed by atoms with Crippen LogP contribution in [0.25, 0.3) is 21.2 Å². The standard InChI is InChI=1S/C63H71BN2S/c1-38-31-52-55-53(32-38)66(50-36-47-45(60(8,9)27-29-62(47,12)13)34-43(50)39-19-17-16-18-20-39)51-37-48-46(61(10,11)28-30-63(48,14)15)35-49(51)64(55)57-56(44-33-41(59(5,6)7)23-26-54(44)67-57)65(52)42-24-21-40(22-25-42)58(2,3)4/h16-26,31-37H,27-30H2,1-15H3/i16D,17D,18D,19D,20D,24D,25D. The number of aryl methyl sites for hydroxylation is 1. The van der Waals surface area contributed by atoms with Crippen molar-refractivity contribution in [3.63, 3.8) is 0 Å². The predicted octanol–water partition coefficient (Wildman–Crippen LogP) is 16.3. The van der Waals surface area contributed by atoms with Gasteiger partial charge in [0, 0.05) is 43.2 Å². The van der Waals surface area contributed by atoms with Gasteiger partial charge in [-0.25, -0.2) is 0 Å². The molecule has 0 N–H and O–H groups in total. The Morgan fingerprint density at radius 1 is 0.552 bits per heavy atom. The molecule has 0 amide bonds. The SMILES string of the molecule is [2H]c1cc(C(C)(C)C)cc([2H])c1N1c2cc(C)cc3c2B(c2cc4c(cc2N3c2cc3c(cc2-c2c([2H])c([2H])c([2H])c([2H])c2[2H])C(C)(C)CCC3(C)C)C(C)(C)CCC4(C)C)c2sc3ccc(C(C)(C)C)cc3c21. The fourth-order valence-electron chi connectivity index (χ4n) is 11.9. The molecule has 0 atom stereocenters. The quantitative estimate of drug-likeness (QED) is 0.163. The van der Waals surface area contributed by atoms with Gasteiger partial charge in [-0.05, 0) is 175 Å². The maximum Gasteiger partial charge on any atom is 0.264 e. The van der Waals surface area contributed by atoms with E-state index < -0.39 is 6.04 Å². The second-order valence-electron chi connectivity index (χ2n) is 25.1. The Bertz CT molecular complexity index is 3550. The first-order chi connectivity index (χ1) is 34.2. The van der Waals surface area contributed by atoms with E-state index in [1.807, 2.05) is 23.5 Å². The van der Waals surface area contributed by atoms with Gasteiger partial charge in [0.25, 0.3) is 6.71 Å². The lowest BCUT2D eigenvalue weighted by Gasteiger charge is -2.48. The van der Waals surface area contributed by atoms with Gasteiger partial charge in [-0.3, -0.25) is 0 Å². The van der Waals surface area contributed by atoms with E-state index in [-0.39, 0.29) is 68.9 Å². The summed E-state index contributed by atoms with van der Waals surface area (Å²) in [5, 5.41) is 1.11. The summed E-state index contributed by atoms with van der Waals surface area (Å²) in [6, 6.07) is 23.8. The molecule has 0 fully saturated rings. The van der Waals surface area contributed by atoms with E-state index in [0.717, 1.165) is 96.6 Å². The van der Waals surface area contributed by atoms with Crippen molar-refractivity contribution in [1.82, 2.24) is 0 Å². The van der Waals surface area contributed by atoms with Crippen molar-refractivity contribution in [1.29, 1.82) is 0 Å². The van der Waals surface area contributed by atoms with E-state index in [2.05, 4.69) is 168 Å². The van der Waals surface area contributed by atoms with Crippen molar-refractivity contribution in [3.05, 3.63) is 148 Å². The van der Waals surface area contributed by atoms with Gasteiger partial charge in [0.15, 0.2) is 0 Å². The van der Waals surface area contributed by atoms with Crippen molar-refractivity contribution in [2.75, 3.05) is 9.80 Å². The number of thiophene rings is 1. The van der Waals surface area contributed by atoms with Crippen LogP contribution in [0.3, 0.4) is 0 Å². The first kappa shape index (κ1) is 36.9. The molecular formula is C63H71BN2S. The van der Waals surface area contributed by atoms with Crippen LogP contribution in [-0.4, -0.2) is 6.71 Å². The number of nitrogens with zero attached hydrogens (tertiary/aromatic N) is 2. The fourth-order valence-corrected chi connectivity index (χ4v) is 13.2. The minimum Gasteiger partial charge on any atom is -0.311 e.